The molecular weight excluding hydrogens is 239 g/mol. The van der Waals surface area contributed by atoms with E-state index >= 15 is 0 Å². The van der Waals surface area contributed by atoms with E-state index in [0.717, 1.165) is 5.56 Å². The highest BCUT2D eigenvalue weighted by Gasteiger charge is 2.08. The van der Waals surface area contributed by atoms with Crippen molar-refractivity contribution >= 4 is 16.5 Å². The highest BCUT2D eigenvalue weighted by molar-refractivity contribution is 7.84. The van der Waals surface area contributed by atoms with Gasteiger partial charge >= 0.3 is 0 Å². The molecule has 5 heteroatoms. The molecule has 0 radical (unpaired) electrons. The summed E-state index contributed by atoms with van der Waals surface area (Å²) < 4.78 is 24.7. The van der Waals surface area contributed by atoms with Gasteiger partial charge in [-0.15, -0.1) is 0 Å². The van der Waals surface area contributed by atoms with Crippen LogP contribution in [0.1, 0.15) is 5.56 Å². The van der Waals surface area contributed by atoms with Gasteiger partial charge in [0, 0.05) is 6.20 Å². The van der Waals surface area contributed by atoms with Crippen LogP contribution in [0.25, 0.3) is 0 Å². The van der Waals surface area contributed by atoms with Crippen molar-refractivity contribution in [1.82, 2.24) is 4.98 Å². The molecule has 17 heavy (non-hydrogen) atoms. The minimum Gasteiger partial charge on any atom is -0.396 e. The van der Waals surface area contributed by atoms with Gasteiger partial charge in [0.15, 0.2) is 0 Å². The lowest BCUT2D eigenvalue weighted by atomic mass is 10.2. The van der Waals surface area contributed by atoms with Crippen LogP contribution < -0.4 is 5.73 Å². The molecule has 0 fully saturated rings. The van der Waals surface area contributed by atoms with Crippen LogP contribution in [0.3, 0.4) is 0 Å². The highest BCUT2D eigenvalue weighted by Crippen LogP contribution is 2.17. The van der Waals surface area contributed by atoms with Gasteiger partial charge in [-0.1, -0.05) is 12.1 Å². The van der Waals surface area contributed by atoms with E-state index in [0.29, 0.717) is 16.3 Å². The van der Waals surface area contributed by atoms with Crippen LogP contribution in [0, 0.1) is 5.82 Å². The average Bonchev–Trinajstić information content (AvgIpc) is 2.32. The molecule has 1 unspecified atom stereocenters. The summed E-state index contributed by atoms with van der Waals surface area (Å²) in [7, 11) is -1.24. The third kappa shape index (κ3) is 2.88. The van der Waals surface area contributed by atoms with Crippen molar-refractivity contribution in [1.29, 1.82) is 0 Å². The molecule has 1 atom stereocenters. The zero-order valence-corrected chi connectivity index (χ0v) is 9.78. The van der Waals surface area contributed by atoms with Gasteiger partial charge in [-0.2, -0.15) is 0 Å². The lowest BCUT2D eigenvalue weighted by Crippen LogP contribution is -2.01. The van der Waals surface area contributed by atoms with E-state index in [1.807, 2.05) is 0 Å². The number of benzene rings is 1. The van der Waals surface area contributed by atoms with E-state index in [9.17, 15) is 8.60 Å². The van der Waals surface area contributed by atoms with Crippen molar-refractivity contribution in [2.75, 3.05) is 5.73 Å². The van der Waals surface area contributed by atoms with Gasteiger partial charge in [-0.05, 0) is 23.8 Å². The fourth-order valence-corrected chi connectivity index (χ4v) is 2.59. The van der Waals surface area contributed by atoms with Crippen LogP contribution >= 0.6 is 0 Å². The molecule has 1 aromatic carbocycles. The molecule has 0 aliphatic heterocycles. The van der Waals surface area contributed by atoms with E-state index in [2.05, 4.69) is 4.98 Å². The zero-order chi connectivity index (χ0) is 12.3. The number of rotatable bonds is 3. The number of anilines is 1. The first-order valence-corrected chi connectivity index (χ1v) is 6.31. The minimum atomic E-state index is -1.24. The topological polar surface area (TPSA) is 56.0 Å². The highest BCUT2D eigenvalue weighted by atomic mass is 32.2. The molecule has 0 aliphatic carbocycles. The molecule has 0 amide bonds. The molecule has 0 saturated heterocycles. The Hall–Kier alpha value is -1.75. The Morgan fingerprint density at radius 2 is 1.94 bits per heavy atom. The van der Waals surface area contributed by atoms with E-state index < -0.39 is 10.8 Å². The quantitative estimate of drug-likeness (QED) is 0.907. The van der Waals surface area contributed by atoms with Gasteiger partial charge in [0.25, 0.3) is 0 Å². The lowest BCUT2D eigenvalue weighted by molar-refractivity contribution is 0.627. The Balaban J connectivity index is 2.17. The number of nitrogens with zero attached hydrogens (tertiary/aromatic N) is 1. The van der Waals surface area contributed by atoms with E-state index in [1.54, 1.807) is 24.4 Å². The van der Waals surface area contributed by atoms with Crippen molar-refractivity contribution in [3.63, 3.8) is 0 Å². The minimum absolute atomic E-state index is 0.303. The summed E-state index contributed by atoms with van der Waals surface area (Å²) in [5, 5.41) is 0. The van der Waals surface area contributed by atoms with Crippen LogP contribution in [0.4, 0.5) is 10.1 Å². The maximum Gasteiger partial charge on any atom is 0.123 e. The first kappa shape index (κ1) is 11.7. The molecule has 0 saturated carbocycles. The molecule has 0 spiro atoms. The summed E-state index contributed by atoms with van der Waals surface area (Å²) in [5.74, 6) is 0.0112. The second kappa shape index (κ2) is 5.05. The summed E-state index contributed by atoms with van der Waals surface area (Å²) in [6, 6.07) is 7.56. The third-order valence-corrected chi connectivity index (χ3v) is 3.72. The summed E-state index contributed by atoms with van der Waals surface area (Å²) in [6.45, 7) is 0. The fraction of sp³-hybridized carbons (Fsp3) is 0.0833. The number of pyridine rings is 1. The Labute approximate surface area is 101 Å². The Bertz CT molecular complexity index is 542. The molecule has 2 aromatic rings. The molecule has 88 valence electrons. The van der Waals surface area contributed by atoms with Crippen LogP contribution in [0.15, 0.2) is 47.6 Å². The SMILES string of the molecule is Nc1cnccc1S(=O)Cc1ccc(F)cc1. The van der Waals surface area contributed by atoms with Gasteiger partial charge in [0.05, 0.1) is 33.3 Å². The van der Waals surface area contributed by atoms with E-state index in [-0.39, 0.29) is 5.82 Å². The van der Waals surface area contributed by atoms with Gasteiger partial charge in [0.2, 0.25) is 0 Å². The Morgan fingerprint density at radius 1 is 1.24 bits per heavy atom. The second-order valence-corrected chi connectivity index (χ2v) is 4.95. The number of hydrogen-bond donors (Lipinski definition) is 1. The molecular formula is C12H11FN2OS. The summed E-state index contributed by atoms with van der Waals surface area (Å²) in [6.07, 6.45) is 3.02. The largest absolute Gasteiger partial charge is 0.396 e. The number of hydrogen-bond acceptors (Lipinski definition) is 3. The standard InChI is InChI=1S/C12H11FN2OS/c13-10-3-1-9(2-4-10)8-17(16)12-5-6-15-7-11(12)14/h1-7H,8,14H2. The average molecular weight is 250 g/mol. The zero-order valence-electron chi connectivity index (χ0n) is 8.97. The monoisotopic (exact) mass is 250 g/mol. The number of aromatic nitrogens is 1. The van der Waals surface area contributed by atoms with Crippen LogP contribution in [0.5, 0.6) is 0 Å². The van der Waals surface area contributed by atoms with Crippen molar-refractivity contribution < 1.29 is 8.60 Å². The van der Waals surface area contributed by atoms with Crippen molar-refractivity contribution in [2.24, 2.45) is 0 Å². The molecule has 1 heterocycles. The molecule has 2 rings (SSSR count). The summed E-state index contributed by atoms with van der Waals surface area (Å²) >= 11 is 0. The Kier molecular flexibility index (Phi) is 3.49. The van der Waals surface area contributed by atoms with Gasteiger partial charge in [-0.25, -0.2) is 4.39 Å². The van der Waals surface area contributed by atoms with Crippen molar-refractivity contribution in [3.8, 4) is 0 Å². The first-order valence-electron chi connectivity index (χ1n) is 4.99. The maximum atomic E-state index is 12.7. The Morgan fingerprint density at radius 3 is 2.59 bits per heavy atom. The number of halogens is 1. The van der Waals surface area contributed by atoms with Gasteiger partial charge in [0.1, 0.15) is 5.82 Å². The van der Waals surface area contributed by atoms with Gasteiger partial charge < -0.3 is 5.73 Å². The van der Waals surface area contributed by atoms with Crippen molar-refractivity contribution in [3.05, 3.63) is 54.1 Å². The summed E-state index contributed by atoms with van der Waals surface area (Å²) in [5.41, 5.74) is 6.90. The molecule has 1 aromatic heterocycles. The number of nitrogen functional groups attached to an aromatic ring is 1. The predicted molar refractivity (Wildman–Crippen MR) is 65.2 cm³/mol. The van der Waals surface area contributed by atoms with Crippen LogP contribution in [-0.4, -0.2) is 9.19 Å². The predicted octanol–water partition coefficient (Wildman–Crippen LogP) is 2.11. The summed E-state index contributed by atoms with van der Waals surface area (Å²) in [4.78, 5) is 4.40. The normalized spacial score (nSPS) is 12.3. The van der Waals surface area contributed by atoms with Crippen molar-refractivity contribution in [2.45, 2.75) is 10.6 Å². The molecule has 2 N–H and O–H groups in total. The van der Waals surface area contributed by atoms with Crippen LogP contribution in [-0.2, 0) is 16.6 Å². The van der Waals surface area contributed by atoms with E-state index in [1.165, 1.54) is 18.3 Å². The molecule has 0 aliphatic rings. The smallest absolute Gasteiger partial charge is 0.123 e. The fourth-order valence-electron chi connectivity index (χ4n) is 1.41. The molecule has 0 bridgehead atoms. The molecule has 3 nitrogen and oxygen atoms in total. The number of nitrogens with two attached hydrogens (primary N) is 1. The maximum absolute atomic E-state index is 12.7. The van der Waals surface area contributed by atoms with E-state index in [4.69, 9.17) is 5.73 Å². The third-order valence-electron chi connectivity index (χ3n) is 2.27. The van der Waals surface area contributed by atoms with Crippen LogP contribution in [0.2, 0.25) is 0 Å². The lowest BCUT2D eigenvalue weighted by Gasteiger charge is -2.05. The van der Waals surface area contributed by atoms with Gasteiger partial charge in [-0.3, -0.25) is 9.19 Å². The first-order chi connectivity index (χ1) is 8.16. The second-order valence-electron chi connectivity index (χ2n) is 3.53.